The molecule has 2 aromatic heterocycles. The molecule has 1 saturated carbocycles. The largest absolute Gasteiger partial charge is 0.353 e. The molecule has 0 spiro atoms. The minimum atomic E-state index is -0.0973. The van der Waals surface area contributed by atoms with Gasteiger partial charge >= 0.3 is 0 Å². The molecular weight excluding hydrogens is 378 g/mol. The number of amides is 1. The molecule has 1 amide bonds. The summed E-state index contributed by atoms with van der Waals surface area (Å²) in [5, 5.41) is 12.3. The summed E-state index contributed by atoms with van der Waals surface area (Å²) in [5.74, 6) is 0.685. The number of nitrogens with zero attached hydrogens (tertiary/aromatic N) is 3. The summed E-state index contributed by atoms with van der Waals surface area (Å²) in [7, 11) is 1.77. The van der Waals surface area contributed by atoms with E-state index in [2.05, 4.69) is 15.7 Å². The van der Waals surface area contributed by atoms with Crippen LogP contribution in [0, 0.1) is 12.8 Å². The van der Waals surface area contributed by atoms with Crippen molar-refractivity contribution in [2.45, 2.75) is 45.6 Å². The summed E-state index contributed by atoms with van der Waals surface area (Å²) < 4.78 is 3.28. The van der Waals surface area contributed by atoms with Crippen LogP contribution in [0.5, 0.6) is 0 Å². The Morgan fingerprint density at radius 1 is 1.17 bits per heavy atom. The van der Waals surface area contributed by atoms with E-state index in [0.29, 0.717) is 11.9 Å². The monoisotopic (exact) mass is 409 g/mol. The lowest BCUT2D eigenvalue weighted by Crippen LogP contribution is -2.36. The fourth-order valence-corrected chi connectivity index (χ4v) is 4.55. The number of carbonyl (C=O) groups is 1. The molecular formula is C23H31N5O2. The highest BCUT2D eigenvalue weighted by Gasteiger charge is 2.16. The number of aromatic nitrogens is 3. The zero-order valence-corrected chi connectivity index (χ0v) is 17.9. The van der Waals surface area contributed by atoms with Gasteiger partial charge in [0.25, 0.3) is 5.56 Å². The molecule has 0 aliphatic heterocycles. The van der Waals surface area contributed by atoms with E-state index in [9.17, 15) is 9.59 Å². The zero-order chi connectivity index (χ0) is 21.1. The highest BCUT2D eigenvalue weighted by atomic mass is 16.2. The van der Waals surface area contributed by atoms with Crippen molar-refractivity contribution in [2.75, 3.05) is 19.6 Å². The van der Waals surface area contributed by atoms with Crippen molar-refractivity contribution in [1.29, 1.82) is 0 Å². The number of pyridine rings is 1. The van der Waals surface area contributed by atoms with Gasteiger partial charge in [-0.15, -0.1) is 0 Å². The first-order valence-corrected chi connectivity index (χ1v) is 11.0. The molecule has 1 aromatic carbocycles. The van der Waals surface area contributed by atoms with Gasteiger partial charge < -0.3 is 15.2 Å². The quantitative estimate of drug-likeness (QED) is 0.588. The van der Waals surface area contributed by atoms with E-state index in [1.807, 2.05) is 25.1 Å². The molecule has 1 aliphatic rings. The van der Waals surface area contributed by atoms with Crippen LogP contribution in [0.25, 0.3) is 21.8 Å². The van der Waals surface area contributed by atoms with Crippen LogP contribution in [0.15, 0.2) is 29.2 Å². The normalized spacial score (nSPS) is 15.1. The summed E-state index contributed by atoms with van der Waals surface area (Å²) in [6.45, 7) is 4.51. The van der Waals surface area contributed by atoms with Gasteiger partial charge in [-0.1, -0.05) is 30.9 Å². The third-order valence-corrected chi connectivity index (χ3v) is 6.22. The summed E-state index contributed by atoms with van der Waals surface area (Å²) in [6, 6.07) is 5.98. The van der Waals surface area contributed by atoms with Gasteiger partial charge in [-0.2, -0.15) is 5.10 Å². The molecule has 4 rings (SSSR count). The number of hydrogen-bond acceptors (Lipinski definition) is 4. The second-order valence-electron chi connectivity index (χ2n) is 8.51. The van der Waals surface area contributed by atoms with Gasteiger partial charge in [-0.05, 0) is 44.4 Å². The predicted molar refractivity (Wildman–Crippen MR) is 120 cm³/mol. The zero-order valence-electron chi connectivity index (χ0n) is 17.9. The smallest absolute Gasteiger partial charge is 0.261 e. The molecule has 7 nitrogen and oxygen atoms in total. The fourth-order valence-electron chi connectivity index (χ4n) is 4.55. The number of carbonyl (C=O) groups excluding carboxylic acids is 1. The van der Waals surface area contributed by atoms with Gasteiger partial charge in [0.05, 0.1) is 22.6 Å². The van der Waals surface area contributed by atoms with Gasteiger partial charge in [0.1, 0.15) is 6.54 Å². The Morgan fingerprint density at radius 3 is 2.77 bits per heavy atom. The summed E-state index contributed by atoms with van der Waals surface area (Å²) in [4.78, 5) is 25.2. The van der Waals surface area contributed by atoms with E-state index in [-0.39, 0.29) is 18.0 Å². The van der Waals surface area contributed by atoms with Crippen LogP contribution in [0.1, 0.15) is 37.7 Å². The molecule has 0 unspecified atom stereocenters. The Labute approximate surface area is 176 Å². The minimum Gasteiger partial charge on any atom is -0.353 e. The number of aryl methyl sites for hydroxylation is 2. The number of benzene rings is 1. The number of fused-ring (bicyclic) bond motifs is 3. The van der Waals surface area contributed by atoms with Crippen molar-refractivity contribution in [3.63, 3.8) is 0 Å². The Morgan fingerprint density at radius 2 is 1.97 bits per heavy atom. The number of nitrogens with one attached hydrogen (secondary N) is 2. The molecule has 2 N–H and O–H groups in total. The lowest BCUT2D eigenvalue weighted by atomic mass is 9.89. The van der Waals surface area contributed by atoms with Gasteiger partial charge in [0.2, 0.25) is 5.91 Å². The summed E-state index contributed by atoms with van der Waals surface area (Å²) in [6.07, 6.45) is 8.27. The van der Waals surface area contributed by atoms with E-state index < -0.39 is 0 Å². The van der Waals surface area contributed by atoms with Crippen molar-refractivity contribution in [3.8, 4) is 0 Å². The Balaban J connectivity index is 1.41. The topological polar surface area (TPSA) is 81.0 Å². The molecule has 0 atom stereocenters. The van der Waals surface area contributed by atoms with Crippen LogP contribution < -0.4 is 16.2 Å². The second-order valence-corrected chi connectivity index (χ2v) is 8.51. The molecule has 0 saturated heterocycles. The molecule has 3 aromatic rings. The SMILES string of the molecule is Cc1ccc2c(c1)c1c(cnn1CC(=O)NCCNCC1CCCCC1)c(=O)n2C. The van der Waals surface area contributed by atoms with E-state index in [0.717, 1.165) is 41.0 Å². The van der Waals surface area contributed by atoms with Crippen molar-refractivity contribution < 1.29 is 4.79 Å². The van der Waals surface area contributed by atoms with Crippen LogP contribution in [-0.2, 0) is 18.4 Å². The Hall–Kier alpha value is -2.67. The highest BCUT2D eigenvalue weighted by Crippen LogP contribution is 2.24. The van der Waals surface area contributed by atoms with Gasteiger partial charge in [-0.3, -0.25) is 14.3 Å². The molecule has 0 bridgehead atoms. The molecule has 2 heterocycles. The van der Waals surface area contributed by atoms with Crippen LogP contribution in [-0.4, -0.2) is 39.9 Å². The molecule has 1 aliphatic carbocycles. The molecule has 7 heteroatoms. The summed E-state index contributed by atoms with van der Waals surface area (Å²) >= 11 is 0. The minimum absolute atomic E-state index is 0.0963. The first-order valence-electron chi connectivity index (χ1n) is 11.0. The second kappa shape index (κ2) is 9.00. The standard InChI is InChI=1S/C23H31N5O2/c1-16-8-9-20-18(12-16)22-19(23(30)27(20)2)14-26-28(22)15-21(29)25-11-10-24-13-17-6-4-3-5-7-17/h8-9,12,14,17,24H,3-7,10-11,13,15H2,1-2H3,(H,25,29). The molecule has 1 fully saturated rings. The number of hydrogen-bond donors (Lipinski definition) is 2. The molecule has 0 radical (unpaired) electrons. The predicted octanol–water partition coefficient (Wildman–Crippen LogP) is 2.48. The number of rotatable bonds is 7. The lowest BCUT2D eigenvalue weighted by molar-refractivity contribution is -0.121. The maximum absolute atomic E-state index is 12.7. The van der Waals surface area contributed by atoms with E-state index in [4.69, 9.17) is 0 Å². The van der Waals surface area contributed by atoms with Crippen LogP contribution in [0.3, 0.4) is 0 Å². The Kier molecular flexibility index (Phi) is 6.18. The fraction of sp³-hybridized carbons (Fsp3) is 0.522. The van der Waals surface area contributed by atoms with Crippen molar-refractivity contribution in [3.05, 3.63) is 40.3 Å². The van der Waals surface area contributed by atoms with Crippen molar-refractivity contribution in [1.82, 2.24) is 25.0 Å². The van der Waals surface area contributed by atoms with Gasteiger partial charge in [0, 0.05) is 25.5 Å². The van der Waals surface area contributed by atoms with Gasteiger partial charge in [0.15, 0.2) is 0 Å². The average Bonchev–Trinajstić information content (AvgIpc) is 3.16. The van der Waals surface area contributed by atoms with E-state index in [1.165, 1.54) is 32.1 Å². The van der Waals surface area contributed by atoms with Gasteiger partial charge in [-0.25, -0.2) is 0 Å². The first kappa shape index (κ1) is 20.6. The van der Waals surface area contributed by atoms with Crippen molar-refractivity contribution >= 4 is 27.7 Å². The highest BCUT2D eigenvalue weighted by molar-refractivity contribution is 6.04. The van der Waals surface area contributed by atoms with Crippen LogP contribution >= 0.6 is 0 Å². The first-order chi connectivity index (χ1) is 14.5. The lowest BCUT2D eigenvalue weighted by Gasteiger charge is -2.21. The Bertz CT molecular complexity index is 1110. The van der Waals surface area contributed by atoms with Crippen molar-refractivity contribution in [2.24, 2.45) is 13.0 Å². The van der Waals surface area contributed by atoms with E-state index >= 15 is 0 Å². The van der Waals surface area contributed by atoms with Crippen LogP contribution in [0.4, 0.5) is 0 Å². The molecule has 30 heavy (non-hydrogen) atoms. The van der Waals surface area contributed by atoms with E-state index in [1.54, 1.807) is 22.5 Å². The summed E-state index contributed by atoms with van der Waals surface area (Å²) in [5.41, 5.74) is 2.57. The third kappa shape index (κ3) is 4.26. The average molecular weight is 410 g/mol. The maximum atomic E-state index is 12.7. The third-order valence-electron chi connectivity index (χ3n) is 6.22. The maximum Gasteiger partial charge on any atom is 0.261 e. The molecule has 160 valence electrons. The van der Waals surface area contributed by atoms with Crippen LogP contribution in [0.2, 0.25) is 0 Å².